The first-order valence-electron chi connectivity index (χ1n) is 8.79. The molecule has 0 aliphatic carbocycles. The molecule has 2 unspecified atom stereocenters. The third-order valence-corrected chi connectivity index (χ3v) is 7.05. The third-order valence-electron chi connectivity index (χ3n) is 5.10. The first-order chi connectivity index (χ1) is 11.9. The predicted octanol–water partition coefficient (Wildman–Crippen LogP) is 3.81. The quantitative estimate of drug-likeness (QED) is 0.871. The zero-order chi connectivity index (χ0) is 18.1. The van der Waals surface area contributed by atoms with Gasteiger partial charge in [-0.15, -0.1) is 0 Å². The molecule has 5 heteroatoms. The van der Waals surface area contributed by atoms with Crippen molar-refractivity contribution in [1.29, 1.82) is 0 Å². The van der Waals surface area contributed by atoms with Crippen molar-refractivity contribution >= 4 is 9.84 Å². The summed E-state index contributed by atoms with van der Waals surface area (Å²) in [5.41, 5.74) is 1.25. The van der Waals surface area contributed by atoms with Gasteiger partial charge in [0.15, 0.2) is 9.84 Å². The van der Waals surface area contributed by atoms with Gasteiger partial charge in [-0.25, -0.2) is 8.42 Å². The number of phenols is 1. The molecule has 3 rings (SSSR count). The van der Waals surface area contributed by atoms with Crippen molar-refractivity contribution in [3.63, 3.8) is 0 Å². The molecule has 0 saturated heterocycles. The maximum Gasteiger partial charge on any atom is 0.180 e. The molecular formula is C20H25NO3S. The Morgan fingerprint density at radius 3 is 2.52 bits per heavy atom. The molecule has 0 spiro atoms. The van der Waals surface area contributed by atoms with Crippen molar-refractivity contribution in [3.8, 4) is 5.75 Å². The number of hydrogen-bond acceptors (Lipinski definition) is 4. The first kappa shape index (κ1) is 18.0. The zero-order valence-corrected chi connectivity index (χ0v) is 15.5. The predicted molar refractivity (Wildman–Crippen MR) is 99.5 cm³/mol. The van der Waals surface area contributed by atoms with Crippen molar-refractivity contribution in [2.45, 2.75) is 49.6 Å². The fourth-order valence-corrected chi connectivity index (χ4v) is 5.97. The van der Waals surface area contributed by atoms with Gasteiger partial charge in [0, 0.05) is 5.54 Å². The summed E-state index contributed by atoms with van der Waals surface area (Å²) in [7, 11) is -3.51. The van der Waals surface area contributed by atoms with Crippen LogP contribution in [0.1, 0.15) is 50.3 Å². The number of hydrogen-bond donors (Lipinski definition) is 2. The standard InChI is InChI=1S/C20H25NO3S/c1-3-12-20(4-2)14-25(23,24)18-13-16(22)10-11-17(18)19(21-20)15-8-6-5-7-9-15/h5-11,13,19,21-22H,3-4,12,14H2,1-2H3. The van der Waals surface area contributed by atoms with Gasteiger partial charge < -0.3 is 5.11 Å². The van der Waals surface area contributed by atoms with Gasteiger partial charge in [0.05, 0.1) is 16.7 Å². The number of sulfone groups is 1. The number of phenolic OH excluding ortho intramolecular Hbond substituents is 1. The highest BCUT2D eigenvalue weighted by Crippen LogP contribution is 2.38. The van der Waals surface area contributed by atoms with Crippen molar-refractivity contribution in [1.82, 2.24) is 5.32 Å². The van der Waals surface area contributed by atoms with Gasteiger partial charge >= 0.3 is 0 Å². The molecule has 4 nitrogen and oxygen atoms in total. The highest BCUT2D eigenvalue weighted by molar-refractivity contribution is 7.91. The molecule has 1 heterocycles. The van der Waals surface area contributed by atoms with E-state index in [1.165, 1.54) is 6.07 Å². The van der Waals surface area contributed by atoms with Gasteiger partial charge in [-0.3, -0.25) is 5.32 Å². The zero-order valence-electron chi connectivity index (χ0n) is 14.7. The van der Waals surface area contributed by atoms with E-state index in [1.54, 1.807) is 12.1 Å². The summed E-state index contributed by atoms with van der Waals surface area (Å²) in [5.74, 6) is 0.0260. The molecule has 1 aliphatic rings. The topological polar surface area (TPSA) is 66.4 Å². The lowest BCUT2D eigenvalue weighted by Gasteiger charge is -2.35. The molecule has 0 aromatic heterocycles. The summed E-state index contributed by atoms with van der Waals surface area (Å²) >= 11 is 0. The van der Waals surface area contributed by atoms with Crippen LogP contribution in [0.4, 0.5) is 0 Å². The Balaban J connectivity index is 2.24. The van der Waals surface area contributed by atoms with E-state index in [0.717, 1.165) is 24.8 Å². The molecule has 1 aliphatic heterocycles. The van der Waals surface area contributed by atoms with Crippen molar-refractivity contribution in [2.75, 3.05) is 5.75 Å². The van der Waals surface area contributed by atoms with Crippen LogP contribution in [0.5, 0.6) is 5.75 Å². The average molecular weight is 359 g/mol. The fourth-order valence-electron chi connectivity index (χ4n) is 3.81. The van der Waals surface area contributed by atoms with Crippen LogP contribution < -0.4 is 5.32 Å². The van der Waals surface area contributed by atoms with E-state index in [9.17, 15) is 13.5 Å². The SMILES string of the molecule is CCCC1(CC)CS(=O)(=O)c2cc(O)ccc2C(c2ccccc2)N1. The minimum absolute atomic E-state index is 0.0198. The van der Waals surface area contributed by atoms with Crippen molar-refractivity contribution in [2.24, 2.45) is 0 Å². The second kappa shape index (κ2) is 6.81. The Kier molecular flexibility index (Phi) is 4.89. The molecule has 0 amide bonds. The summed E-state index contributed by atoms with van der Waals surface area (Å²) in [4.78, 5) is 0.236. The van der Waals surface area contributed by atoms with E-state index in [0.29, 0.717) is 5.56 Å². The van der Waals surface area contributed by atoms with Gasteiger partial charge in [-0.2, -0.15) is 0 Å². The Bertz CT molecular complexity index is 848. The number of rotatable bonds is 4. The summed E-state index contributed by atoms with van der Waals surface area (Å²) in [6.45, 7) is 4.11. The number of fused-ring (bicyclic) bond motifs is 1. The van der Waals surface area contributed by atoms with Gasteiger partial charge in [0.25, 0.3) is 0 Å². The summed E-state index contributed by atoms with van der Waals surface area (Å²) in [6, 6.07) is 14.4. The lowest BCUT2D eigenvalue weighted by atomic mass is 9.88. The lowest BCUT2D eigenvalue weighted by Crippen LogP contribution is -2.50. The van der Waals surface area contributed by atoms with E-state index in [1.807, 2.05) is 37.3 Å². The normalized spacial score (nSPS) is 25.1. The van der Waals surface area contributed by atoms with Crippen LogP contribution in [-0.4, -0.2) is 24.8 Å². The van der Waals surface area contributed by atoms with Crippen LogP contribution in [-0.2, 0) is 9.84 Å². The molecule has 0 radical (unpaired) electrons. The monoisotopic (exact) mass is 359 g/mol. The largest absolute Gasteiger partial charge is 0.508 e. The van der Waals surface area contributed by atoms with Crippen molar-refractivity contribution < 1.29 is 13.5 Å². The number of benzene rings is 2. The van der Waals surface area contributed by atoms with E-state index in [2.05, 4.69) is 12.2 Å². The summed E-state index contributed by atoms with van der Waals surface area (Å²) in [6.07, 6.45) is 2.41. The first-order valence-corrected chi connectivity index (χ1v) is 10.4. The Morgan fingerprint density at radius 1 is 1.16 bits per heavy atom. The molecule has 2 aromatic carbocycles. The highest BCUT2D eigenvalue weighted by Gasteiger charge is 2.41. The van der Waals surface area contributed by atoms with Crippen LogP contribution in [0.2, 0.25) is 0 Å². The molecule has 0 bridgehead atoms. The summed E-state index contributed by atoms with van der Waals surface area (Å²) < 4.78 is 26.2. The maximum absolute atomic E-state index is 13.1. The van der Waals surface area contributed by atoms with Crippen molar-refractivity contribution in [3.05, 3.63) is 59.7 Å². The molecule has 2 aromatic rings. The number of aromatic hydroxyl groups is 1. The van der Waals surface area contributed by atoms with E-state index < -0.39 is 15.4 Å². The molecule has 2 N–H and O–H groups in total. The molecule has 2 atom stereocenters. The smallest absolute Gasteiger partial charge is 0.180 e. The molecule has 134 valence electrons. The Labute approximate surface area is 149 Å². The molecule has 0 saturated carbocycles. The third kappa shape index (κ3) is 3.44. The van der Waals surface area contributed by atoms with E-state index in [4.69, 9.17) is 0 Å². The summed E-state index contributed by atoms with van der Waals surface area (Å²) in [5, 5.41) is 13.5. The second-order valence-corrected chi connectivity index (χ2v) is 8.81. The Morgan fingerprint density at radius 2 is 1.88 bits per heavy atom. The molecule has 25 heavy (non-hydrogen) atoms. The van der Waals surface area contributed by atoms with Gasteiger partial charge in [-0.05, 0) is 36.1 Å². The maximum atomic E-state index is 13.1. The van der Waals surface area contributed by atoms with Gasteiger partial charge in [0.2, 0.25) is 0 Å². The second-order valence-electron chi connectivity index (χ2n) is 6.85. The van der Waals surface area contributed by atoms with Crippen LogP contribution in [0.25, 0.3) is 0 Å². The minimum atomic E-state index is -3.51. The van der Waals surface area contributed by atoms with Crippen LogP contribution in [0, 0.1) is 0 Å². The fraction of sp³-hybridized carbons (Fsp3) is 0.400. The van der Waals surface area contributed by atoms with E-state index in [-0.39, 0.29) is 22.4 Å². The van der Waals surface area contributed by atoms with Crippen LogP contribution >= 0.6 is 0 Å². The van der Waals surface area contributed by atoms with Crippen LogP contribution in [0.15, 0.2) is 53.4 Å². The molecular weight excluding hydrogens is 334 g/mol. The minimum Gasteiger partial charge on any atom is -0.508 e. The van der Waals surface area contributed by atoms with Gasteiger partial charge in [0.1, 0.15) is 5.75 Å². The van der Waals surface area contributed by atoms with Gasteiger partial charge in [-0.1, -0.05) is 56.7 Å². The molecule has 0 fully saturated rings. The average Bonchev–Trinajstić information content (AvgIpc) is 2.69. The van der Waals surface area contributed by atoms with E-state index >= 15 is 0 Å². The van der Waals surface area contributed by atoms with Crippen LogP contribution in [0.3, 0.4) is 0 Å². The Hall–Kier alpha value is -1.85. The highest BCUT2D eigenvalue weighted by atomic mass is 32.2. The lowest BCUT2D eigenvalue weighted by molar-refractivity contribution is 0.300. The number of nitrogens with one attached hydrogen (secondary N) is 1.